The third kappa shape index (κ3) is 6.37. The molecular formula is C16H21FO2. The molecule has 0 radical (unpaired) electrons. The molecule has 0 aliphatic heterocycles. The van der Waals surface area contributed by atoms with Crippen molar-refractivity contribution in [3.63, 3.8) is 0 Å². The molecular weight excluding hydrogens is 243 g/mol. The standard InChI is InChI=1S/C16H21FO2/c1-3-6-13(2)19-12-15-9-14(7-4-5-8-18)10-16(17)11-15/h9-11,13,18H,3,5-6,8,12H2,1-2H3. The summed E-state index contributed by atoms with van der Waals surface area (Å²) in [5, 5.41) is 8.65. The average Bonchev–Trinajstić information content (AvgIpc) is 2.37. The quantitative estimate of drug-likeness (QED) is 0.799. The van der Waals surface area contributed by atoms with E-state index in [1.165, 1.54) is 12.1 Å². The summed E-state index contributed by atoms with van der Waals surface area (Å²) in [6.07, 6.45) is 2.65. The molecule has 104 valence electrons. The number of hydrogen-bond acceptors (Lipinski definition) is 2. The van der Waals surface area contributed by atoms with Crippen LogP contribution in [0.15, 0.2) is 18.2 Å². The lowest BCUT2D eigenvalue weighted by Crippen LogP contribution is -2.07. The van der Waals surface area contributed by atoms with Gasteiger partial charge in [-0.1, -0.05) is 25.2 Å². The van der Waals surface area contributed by atoms with E-state index >= 15 is 0 Å². The second kappa shape index (κ2) is 8.68. The summed E-state index contributed by atoms with van der Waals surface area (Å²) in [5.41, 5.74) is 1.41. The highest BCUT2D eigenvalue weighted by molar-refractivity contribution is 5.37. The number of ether oxygens (including phenoxy) is 1. The summed E-state index contributed by atoms with van der Waals surface area (Å²) in [6.45, 7) is 4.54. The summed E-state index contributed by atoms with van der Waals surface area (Å²) in [7, 11) is 0. The first-order chi connectivity index (χ1) is 9.15. The number of aliphatic hydroxyl groups excluding tert-OH is 1. The van der Waals surface area contributed by atoms with Gasteiger partial charge in [0.15, 0.2) is 0 Å². The highest BCUT2D eigenvalue weighted by Gasteiger charge is 2.03. The highest BCUT2D eigenvalue weighted by Crippen LogP contribution is 2.12. The van der Waals surface area contributed by atoms with Crippen LogP contribution in [0, 0.1) is 17.7 Å². The third-order valence-corrected chi connectivity index (χ3v) is 2.66. The Balaban J connectivity index is 2.66. The molecule has 0 fully saturated rings. The van der Waals surface area contributed by atoms with Crippen LogP contribution >= 0.6 is 0 Å². The highest BCUT2D eigenvalue weighted by atomic mass is 19.1. The van der Waals surface area contributed by atoms with Crippen molar-refractivity contribution in [1.82, 2.24) is 0 Å². The molecule has 1 N–H and O–H groups in total. The molecule has 0 spiro atoms. The predicted molar refractivity (Wildman–Crippen MR) is 74.1 cm³/mol. The lowest BCUT2D eigenvalue weighted by atomic mass is 10.1. The minimum atomic E-state index is -0.308. The molecule has 0 aliphatic carbocycles. The average molecular weight is 264 g/mol. The molecule has 0 bridgehead atoms. The first kappa shape index (κ1) is 15.7. The zero-order valence-electron chi connectivity index (χ0n) is 11.6. The number of rotatable bonds is 6. The second-order valence-electron chi connectivity index (χ2n) is 4.53. The van der Waals surface area contributed by atoms with E-state index in [1.807, 2.05) is 13.0 Å². The van der Waals surface area contributed by atoms with Crippen molar-refractivity contribution in [3.8, 4) is 11.8 Å². The fourth-order valence-electron chi connectivity index (χ4n) is 1.75. The van der Waals surface area contributed by atoms with Gasteiger partial charge in [0.25, 0.3) is 0 Å². The van der Waals surface area contributed by atoms with Crippen molar-refractivity contribution >= 4 is 0 Å². The van der Waals surface area contributed by atoms with Crippen molar-refractivity contribution < 1.29 is 14.2 Å². The van der Waals surface area contributed by atoms with Gasteiger partial charge in [-0.2, -0.15) is 0 Å². The molecule has 19 heavy (non-hydrogen) atoms. The van der Waals surface area contributed by atoms with Crippen LogP contribution in [0.5, 0.6) is 0 Å². The Morgan fingerprint density at radius 2 is 2.16 bits per heavy atom. The summed E-state index contributed by atoms with van der Waals surface area (Å²) in [4.78, 5) is 0. The van der Waals surface area contributed by atoms with Crippen LogP contribution < -0.4 is 0 Å². The summed E-state index contributed by atoms with van der Waals surface area (Å²) >= 11 is 0. The summed E-state index contributed by atoms with van der Waals surface area (Å²) in [6, 6.07) is 4.69. The van der Waals surface area contributed by atoms with Gasteiger partial charge in [-0.05, 0) is 37.1 Å². The smallest absolute Gasteiger partial charge is 0.124 e. The summed E-state index contributed by atoms with van der Waals surface area (Å²) < 4.78 is 19.1. The van der Waals surface area contributed by atoms with Gasteiger partial charge in [0.1, 0.15) is 5.82 Å². The number of benzene rings is 1. The first-order valence-electron chi connectivity index (χ1n) is 6.66. The van der Waals surface area contributed by atoms with Gasteiger partial charge < -0.3 is 9.84 Å². The fraction of sp³-hybridized carbons (Fsp3) is 0.500. The lowest BCUT2D eigenvalue weighted by molar-refractivity contribution is 0.0470. The molecule has 0 aliphatic rings. The van der Waals surface area contributed by atoms with Crippen LogP contribution in [0.3, 0.4) is 0 Å². The molecule has 0 heterocycles. The van der Waals surface area contributed by atoms with Gasteiger partial charge >= 0.3 is 0 Å². The van der Waals surface area contributed by atoms with Crippen molar-refractivity contribution in [1.29, 1.82) is 0 Å². The molecule has 0 aromatic heterocycles. The lowest BCUT2D eigenvalue weighted by Gasteiger charge is -2.12. The first-order valence-corrected chi connectivity index (χ1v) is 6.66. The molecule has 1 unspecified atom stereocenters. The molecule has 1 aromatic rings. The van der Waals surface area contributed by atoms with Gasteiger partial charge in [0, 0.05) is 12.0 Å². The van der Waals surface area contributed by atoms with E-state index in [4.69, 9.17) is 9.84 Å². The third-order valence-electron chi connectivity index (χ3n) is 2.66. The monoisotopic (exact) mass is 264 g/mol. The largest absolute Gasteiger partial charge is 0.395 e. The Hall–Kier alpha value is -1.37. The molecule has 3 heteroatoms. The van der Waals surface area contributed by atoms with E-state index in [9.17, 15) is 4.39 Å². The summed E-state index contributed by atoms with van der Waals surface area (Å²) in [5.74, 6) is 5.31. The van der Waals surface area contributed by atoms with E-state index in [1.54, 1.807) is 0 Å². The molecule has 1 aromatic carbocycles. The maximum Gasteiger partial charge on any atom is 0.124 e. The Morgan fingerprint density at radius 1 is 1.37 bits per heavy atom. The van der Waals surface area contributed by atoms with Gasteiger partial charge in [-0.25, -0.2) is 4.39 Å². The van der Waals surface area contributed by atoms with Crippen molar-refractivity contribution in [2.75, 3.05) is 6.61 Å². The van der Waals surface area contributed by atoms with Crippen molar-refractivity contribution in [2.24, 2.45) is 0 Å². The minimum Gasteiger partial charge on any atom is -0.395 e. The van der Waals surface area contributed by atoms with Crippen LogP contribution in [-0.4, -0.2) is 17.8 Å². The number of hydrogen-bond donors (Lipinski definition) is 1. The van der Waals surface area contributed by atoms with E-state index in [-0.39, 0.29) is 18.5 Å². The Labute approximate surface area is 114 Å². The van der Waals surface area contributed by atoms with Crippen LogP contribution in [0.25, 0.3) is 0 Å². The maximum absolute atomic E-state index is 13.4. The number of halogens is 1. The molecule has 0 saturated carbocycles. The van der Waals surface area contributed by atoms with E-state index in [0.717, 1.165) is 18.4 Å². The molecule has 2 nitrogen and oxygen atoms in total. The Bertz CT molecular complexity index is 446. The zero-order chi connectivity index (χ0) is 14.1. The second-order valence-corrected chi connectivity index (χ2v) is 4.53. The normalized spacial score (nSPS) is 11.8. The minimum absolute atomic E-state index is 0.0207. The van der Waals surface area contributed by atoms with Crippen LogP contribution in [0.2, 0.25) is 0 Å². The maximum atomic E-state index is 13.4. The molecule has 0 amide bonds. The fourth-order valence-corrected chi connectivity index (χ4v) is 1.75. The van der Waals surface area contributed by atoms with Gasteiger partial charge in [0.2, 0.25) is 0 Å². The molecule has 1 atom stereocenters. The SMILES string of the molecule is CCCC(C)OCc1cc(F)cc(C#CCCO)c1. The number of aliphatic hydroxyl groups is 1. The Kier molecular flexibility index (Phi) is 7.17. The van der Waals surface area contributed by atoms with Crippen LogP contribution in [0.4, 0.5) is 4.39 Å². The van der Waals surface area contributed by atoms with Crippen molar-refractivity contribution in [2.45, 2.75) is 45.8 Å². The molecule has 0 saturated heterocycles. The van der Waals surface area contributed by atoms with Gasteiger partial charge in [0.05, 0.1) is 19.3 Å². The van der Waals surface area contributed by atoms with Crippen LogP contribution in [0.1, 0.15) is 44.2 Å². The topological polar surface area (TPSA) is 29.5 Å². The van der Waals surface area contributed by atoms with Gasteiger partial charge in [-0.15, -0.1) is 0 Å². The van der Waals surface area contributed by atoms with Crippen molar-refractivity contribution in [3.05, 3.63) is 35.1 Å². The van der Waals surface area contributed by atoms with Crippen LogP contribution in [-0.2, 0) is 11.3 Å². The van der Waals surface area contributed by atoms with E-state index in [0.29, 0.717) is 18.6 Å². The van der Waals surface area contributed by atoms with E-state index in [2.05, 4.69) is 18.8 Å². The van der Waals surface area contributed by atoms with E-state index < -0.39 is 0 Å². The molecule has 1 rings (SSSR count). The Morgan fingerprint density at radius 3 is 2.84 bits per heavy atom. The predicted octanol–water partition coefficient (Wildman–Crippen LogP) is 3.26. The zero-order valence-corrected chi connectivity index (χ0v) is 11.6. The van der Waals surface area contributed by atoms with Gasteiger partial charge in [-0.3, -0.25) is 0 Å².